The second-order valence-corrected chi connectivity index (χ2v) is 3.15. The molecule has 0 saturated heterocycles. The summed E-state index contributed by atoms with van der Waals surface area (Å²) in [4.78, 5) is 4.45. The van der Waals surface area contributed by atoms with Gasteiger partial charge in [0.1, 0.15) is 0 Å². The van der Waals surface area contributed by atoms with Crippen molar-refractivity contribution >= 4 is 6.21 Å². The number of aliphatic imine (C=N–C) groups is 1. The highest BCUT2D eigenvalue weighted by Crippen LogP contribution is 2.20. The van der Waals surface area contributed by atoms with Crippen molar-refractivity contribution in [3.63, 3.8) is 0 Å². The molecule has 0 heterocycles. The fraction of sp³-hybridized carbons (Fsp3) is 0.889. The lowest BCUT2D eigenvalue weighted by Gasteiger charge is -2.28. The number of hydrogen-bond acceptors (Lipinski definition) is 2. The standard InChI is InChI=1S/C9H18N2/c1-3-11-9-7-5-4-6-8(9)10-2/h3,8-10H,4-7H2,1-2H3. The summed E-state index contributed by atoms with van der Waals surface area (Å²) in [5.41, 5.74) is 0. The summed E-state index contributed by atoms with van der Waals surface area (Å²) in [6.45, 7) is 2.00. The smallest absolute Gasteiger partial charge is 0.0648 e. The Bertz CT molecular complexity index is 132. The minimum atomic E-state index is 0.541. The summed E-state index contributed by atoms with van der Waals surface area (Å²) >= 11 is 0. The molecule has 0 bridgehead atoms. The van der Waals surface area contributed by atoms with Crippen LogP contribution in [0, 0.1) is 0 Å². The van der Waals surface area contributed by atoms with Crippen molar-refractivity contribution in [3.8, 4) is 0 Å². The molecule has 0 radical (unpaired) electrons. The molecule has 64 valence electrons. The van der Waals surface area contributed by atoms with Gasteiger partial charge in [-0.1, -0.05) is 12.8 Å². The zero-order valence-electron chi connectivity index (χ0n) is 7.51. The van der Waals surface area contributed by atoms with Crippen LogP contribution in [0.4, 0.5) is 0 Å². The molecule has 2 unspecified atom stereocenters. The Kier molecular flexibility index (Phi) is 3.57. The molecule has 2 heteroatoms. The molecule has 2 nitrogen and oxygen atoms in total. The Morgan fingerprint density at radius 2 is 2.09 bits per heavy atom. The Morgan fingerprint density at radius 1 is 1.36 bits per heavy atom. The van der Waals surface area contributed by atoms with Crippen LogP contribution in [-0.4, -0.2) is 25.3 Å². The van der Waals surface area contributed by atoms with Crippen molar-refractivity contribution in [1.29, 1.82) is 0 Å². The summed E-state index contributed by atoms with van der Waals surface area (Å²) in [6.07, 6.45) is 7.19. The van der Waals surface area contributed by atoms with Gasteiger partial charge in [-0.15, -0.1) is 0 Å². The molecular formula is C9H18N2. The predicted octanol–water partition coefficient (Wildman–Crippen LogP) is 1.61. The van der Waals surface area contributed by atoms with Gasteiger partial charge >= 0.3 is 0 Å². The fourth-order valence-corrected chi connectivity index (χ4v) is 1.82. The molecule has 0 aromatic rings. The van der Waals surface area contributed by atoms with Crippen molar-refractivity contribution in [1.82, 2.24) is 5.32 Å². The molecule has 1 saturated carbocycles. The highest BCUT2D eigenvalue weighted by molar-refractivity contribution is 5.53. The monoisotopic (exact) mass is 154 g/mol. The largest absolute Gasteiger partial charge is 0.315 e. The van der Waals surface area contributed by atoms with E-state index in [-0.39, 0.29) is 0 Å². The molecule has 1 rings (SSSR count). The quantitative estimate of drug-likeness (QED) is 0.600. The zero-order chi connectivity index (χ0) is 8.10. The molecule has 11 heavy (non-hydrogen) atoms. The number of hydrogen-bond donors (Lipinski definition) is 1. The molecule has 1 aliphatic rings. The molecular weight excluding hydrogens is 136 g/mol. The first-order chi connectivity index (χ1) is 5.38. The molecule has 0 aromatic carbocycles. The lowest BCUT2D eigenvalue weighted by atomic mass is 9.91. The summed E-state index contributed by atoms with van der Waals surface area (Å²) < 4.78 is 0. The van der Waals surface area contributed by atoms with Crippen LogP contribution in [0.3, 0.4) is 0 Å². The highest BCUT2D eigenvalue weighted by Gasteiger charge is 2.21. The Balaban J connectivity index is 2.44. The van der Waals surface area contributed by atoms with E-state index in [1.165, 1.54) is 25.7 Å². The van der Waals surface area contributed by atoms with Gasteiger partial charge in [0.05, 0.1) is 6.04 Å². The third-order valence-corrected chi connectivity index (χ3v) is 2.44. The lowest BCUT2D eigenvalue weighted by Crippen LogP contribution is -2.38. The average Bonchev–Trinajstić information content (AvgIpc) is 2.06. The van der Waals surface area contributed by atoms with Crippen molar-refractivity contribution in [2.75, 3.05) is 7.05 Å². The SMILES string of the molecule is CC=NC1CCCCC1NC. The van der Waals surface area contributed by atoms with Gasteiger partial charge in [0.25, 0.3) is 0 Å². The number of likely N-dealkylation sites (N-methyl/N-ethyl adjacent to an activating group) is 1. The molecule has 1 N–H and O–H groups in total. The van der Waals surface area contributed by atoms with Crippen molar-refractivity contribution < 1.29 is 0 Å². The van der Waals surface area contributed by atoms with Crippen LogP contribution in [0.15, 0.2) is 4.99 Å². The molecule has 0 aromatic heterocycles. The molecule has 1 aliphatic carbocycles. The number of nitrogens with zero attached hydrogens (tertiary/aromatic N) is 1. The predicted molar refractivity (Wildman–Crippen MR) is 49.3 cm³/mol. The van der Waals surface area contributed by atoms with Gasteiger partial charge in [0.2, 0.25) is 0 Å². The van der Waals surface area contributed by atoms with Crippen LogP contribution in [0.2, 0.25) is 0 Å². The van der Waals surface area contributed by atoms with E-state index in [0.29, 0.717) is 12.1 Å². The van der Waals surface area contributed by atoms with Crippen LogP contribution >= 0.6 is 0 Å². The van der Waals surface area contributed by atoms with Crippen LogP contribution in [0.1, 0.15) is 32.6 Å². The van der Waals surface area contributed by atoms with E-state index in [9.17, 15) is 0 Å². The molecule has 0 spiro atoms. The van der Waals surface area contributed by atoms with Crippen molar-refractivity contribution in [2.45, 2.75) is 44.7 Å². The summed E-state index contributed by atoms with van der Waals surface area (Å²) in [7, 11) is 2.04. The Hall–Kier alpha value is -0.370. The highest BCUT2D eigenvalue weighted by atomic mass is 14.9. The fourth-order valence-electron chi connectivity index (χ4n) is 1.82. The first kappa shape index (κ1) is 8.72. The zero-order valence-corrected chi connectivity index (χ0v) is 7.51. The summed E-state index contributed by atoms with van der Waals surface area (Å²) in [6, 6.07) is 1.17. The maximum atomic E-state index is 4.45. The van der Waals surface area contributed by atoms with Gasteiger partial charge in [0, 0.05) is 6.04 Å². The van der Waals surface area contributed by atoms with Gasteiger partial charge in [-0.05, 0) is 33.0 Å². The van der Waals surface area contributed by atoms with E-state index in [1.807, 2.05) is 20.2 Å². The van der Waals surface area contributed by atoms with Crippen molar-refractivity contribution in [2.24, 2.45) is 4.99 Å². The van der Waals surface area contributed by atoms with E-state index >= 15 is 0 Å². The van der Waals surface area contributed by atoms with Crippen LogP contribution < -0.4 is 5.32 Å². The van der Waals surface area contributed by atoms with E-state index in [0.717, 1.165) is 0 Å². The van der Waals surface area contributed by atoms with E-state index in [2.05, 4.69) is 10.3 Å². The van der Waals surface area contributed by atoms with E-state index in [1.54, 1.807) is 0 Å². The van der Waals surface area contributed by atoms with Gasteiger partial charge in [0.15, 0.2) is 0 Å². The van der Waals surface area contributed by atoms with Gasteiger partial charge < -0.3 is 5.32 Å². The van der Waals surface area contributed by atoms with Crippen molar-refractivity contribution in [3.05, 3.63) is 0 Å². The minimum Gasteiger partial charge on any atom is -0.315 e. The van der Waals surface area contributed by atoms with Crippen LogP contribution in [0.25, 0.3) is 0 Å². The first-order valence-electron chi connectivity index (χ1n) is 4.53. The van der Waals surface area contributed by atoms with Crippen LogP contribution in [0.5, 0.6) is 0 Å². The topological polar surface area (TPSA) is 24.4 Å². The summed E-state index contributed by atoms with van der Waals surface area (Å²) in [5, 5.41) is 3.33. The van der Waals surface area contributed by atoms with E-state index < -0.39 is 0 Å². The molecule has 0 aliphatic heterocycles. The van der Waals surface area contributed by atoms with E-state index in [4.69, 9.17) is 0 Å². The molecule has 2 atom stereocenters. The molecule has 1 fully saturated rings. The Morgan fingerprint density at radius 3 is 2.73 bits per heavy atom. The second-order valence-electron chi connectivity index (χ2n) is 3.15. The Labute approximate surface area is 69.1 Å². The number of rotatable bonds is 2. The van der Waals surface area contributed by atoms with Gasteiger partial charge in [-0.2, -0.15) is 0 Å². The lowest BCUT2D eigenvalue weighted by molar-refractivity contribution is 0.346. The molecule has 0 amide bonds. The van der Waals surface area contributed by atoms with Gasteiger partial charge in [-0.25, -0.2) is 0 Å². The van der Waals surface area contributed by atoms with Gasteiger partial charge in [-0.3, -0.25) is 4.99 Å². The van der Waals surface area contributed by atoms with Crippen LogP contribution in [-0.2, 0) is 0 Å². The second kappa shape index (κ2) is 4.50. The summed E-state index contributed by atoms with van der Waals surface area (Å²) in [5.74, 6) is 0. The first-order valence-corrected chi connectivity index (χ1v) is 4.53. The maximum absolute atomic E-state index is 4.45. The number of nitrogens with one attached hydrogen (secondary N) is 1. The third-order valence-electron chi connectivity index (χ3n) is 2.44. The maximum Gasteiger partial charge on any atom is 0.0648 e. The third kappa shape index (κ3) is 2.29. The minimum absolute atomic E-state index is 0.541. The average molecular weight is 154 g/mol. The normalized spacial score (nSPS) is 32.9.